The number of aliphatic carboxylic acids is 1. The van der Waals surface area contributed by atoms with E-state index in [9.17, 15) is 24.0 Å². The molecule has 0 saturated carbocycles. The number of hydrogen-bond donors (Lipinski definition) is 6. The Kier molecular flexibility index (Phi) is 10.0. The van der Waals surface area contributed by atoms with Gasteiger partial charge in [-0.2, -0.15) is 0 Å². The van der Waals surface area contributed by atoms with Crippen LogP contribution in [0.2, 0.25) is 0 Å². The van der Waals surface area contributed by atoms with Gasteiger partial charge in [0.05, 0.1) is 12.5 Å². The molecule has 0 aliphatic heterocycles. The van der Waals surface area contributed by atoms with Crippen molar-refractivity contribution in [2.24, 2.45) is 17.4 Å². The lowest BCUT2D eigenvalue weighted by molar-refractivity contribution is -0.142. The van der Waals surface area contributed by atoms with Crippen LogP contribution >= 0.6 is 0 Å². The molecule has 154 valence electrons. The van der Waals surface area contributed by atoms with E-state index < -0.39 is 60.2 Å². The Labute approximate surface area is 157 Å². The van der Waals surface area contributed by atoms with Gasteiger partial charge in [-0.05, 0) is 26.2 Å². The smallest absolute Gasteiger partial charge is 0.325 e. The molecule has 0 aliphatic rings. The number of amides is 4. The number of carboxylic acids is 1. The molecule has 0 saturated heterocycles. The average Bonchev–Trinajstić information content (AvgIpc) is 2.52. The molecule has 0 fully saturated rings. The largest absolute Gasteiger partial charge is 0.480 e. The molecule has 0 bridgehead atoms. The summed E-state index contributed by atoms with van der Waals surface area (Å²) in [4.78, 5) is 58.3. The molecule has 8 N–H and O–H groups in total. The Morgan fingerprint density at radius 3 is 1.81 bits per heavy atom. The van der Waals surface area contributed by atoms with Crippen molar-refractivity contribution in [1.29, 1.82) is 0 Å². The maximum Gasteiger partial charge on any atom is 0.325 e. The number of nitrogens with one attached hydrogen (secondary N) is 3. The van der Waals surface area contributed by atoms with Crippen LogP contribution in [0.3, 0.4) is 0 Å². The first kappa shape index (κ1) is 24.3. The second-order valence-electron chi connectivity index (χ2n) is 6.77. The van der Waals surface area contributed by atoms with Crippen LogP contribution in [0.5, 0.6) is 0 Å². The third-order valence-corrected chi connectivity index (χ3v) is 3.58. The molecule has 0 heterocycles. The Hall–Kier alpha value is -2.69. The van der Waals surface area contributed by atoms with Crippen LogP contribution in [0.1, 0.15) is 40.5 Å². The number of hydrogen-bond acceptors (Lipinski definition) is 6. The van der Waals surface area contributed by atoms with Crippen molar-refractivity contribution < 1.29 is 29.1 Å². The molecule has 4 unspecified atom stereocenters. The standard InChI is InChI=1S/C16H29N5O6/c1-7(2)5-10(17)14(24)19-8(3)13(23)21-11(6-12(18)22)15(25)20-9(4)16(26)27/h7-11H,5-6,17H2,1-4H3,(H2,18,22)(H,19,24)(H,20,25)(H,21,23)(H,26,27). The molecule has 0 aliphatic carbocycles. The Morgan fingerprint density at radius 2 is 1.37 bits per heavy atom. The average molecular weight is 387 g/mol. The summed E-state index contributed by atoms with van der Waals surface area (Å²) in [5.41, 5.74) is 10.8. The van der Waals surface area contributed by atoms with Crippen LogP contribution < -0.4 is 27.4 Å². The number of carbonyl (C=O) groups is 5. The summed E-state index contributed by atoms with van der Waals surface area (Å²) in [7, 11) is 0. The van der Waals surface area contributed by atoms with Crippen LogP contribution in [0.25, 0.3) is 0 Å². The SMILES string of the molecule is CC(C)CC(N)C(=O)NC(C)C(=O)NC(CC(N)=O)C(=O)NC(C)C(=O)O. The van der Waals surface area contributed by atoms with Gasteiger partial charge in [-0.3, -0.25) is 24.0 Å². The van der Waals surface area contributed by atoms with Gasteiger partial charge in [0.1, 0.15) is 18.1 Å². The highest BCUT2D eigenvalue weighted by atomic mass is 16.4. The number of primary amides is 1. The topological polar surface area (TPSA) is 194 Å². The summed E-state index contributed by atoms with van der Waals surface area (Å²) >= 11 is 0. The summed E-state index contributed by atoms with van der Waals surface area (Å²) in [6.45, 7) is 6.40. The maximum atomic E-state index is 12.2. The minimum absolute atomic E-state index is 0.190. The van der Waals surface area contributed by atoms with E-state index in [0.717, 1.165) is 0 Å². The van der Waals surface area contributed by atoms with E-state index in [1.165, 1.54) is 13.8 Å². The second-order valence-corrected chi connectivity index (χ2v) is 6.77. The van der Waals surface area contributed by atoms with E-state index in [-0.39, 0.29) is 5.92 Å². The van der Waals surface area contributed by atoms with Gasteiger partial charge < -0.3 is 32.5 Å². The van der Waals surface area contributed by atoms with Gasteiger partial charge in [0.2, 0.25) is 23.6 Å². The predicted octanol–water partition coefficient (Wildman–Crippen LogP) is -2.19. The number of rotatable bonds is 11. The van der Waals surface area contributed by atoms with E-state index in [1.54, 1.807) is 0 Å². The van der Waals surface area contributed by atoms with Crippen LogP contribution in [-0.4, -0.2) is 58.9 Å². The summed E-state index contributed by atoms with van der Waals surface area (Å²) in [5, 5.41) is 15.7. The first-order valence-electron chi connectivity index (χ1n) is 8.52. The highest BCUT2D eigenvalue weighted by Gasteiger charge is 2.28. The van der Waals surface area contributed by atoms with Crippen molar-refractivity contribution in [1.82, 2.24) is 16.0 Å². The third-order valence-electron chi connectivity index (χ3n) is 3.58. The fraction of sp³-hybridized carbons (Fsp3) is 0.688. The van der Waals surface area contributed by atoms with Crippen LogP contribution in [-0.2, 0) is 24.0 Å². The zero-order valence-corrected chi connectivity index (χ0v) is 15.9. The fourth-order valence-corrected chi connectivity index (χ4v) is 2.08. The number of carboxylic acid groups (broad SMARTS) is 1. The maximum absolute atomic E-state index is 12.2. The van der Waals surface area contributed by atoms with Crippen molar-refractivity contribution in [2.45, 2.75) is 64.7 Å². The zero-order valence-electron chi connectivity index (χ0n) is 15.9. The van der Waals surface area contributed by atoms with Gasteiger partial charge >= 0.3 is 5.97 Å². The van der Waals surface area contributed by atoms with E-state index in [0.29, 0.717) is 6.42 Å². The fourth-order valence-electron chi connectivity index (χ4n) is 2.08. The molecule has 4 amide bonds. The van der Waals surface area contributed by atoms with E-state index >= 15 is 0 Å². The summed E-state index contributed by atoms with van der Waals surface area (Å²) in [6, 6.07) is -4.42. The highest BCUT2D eigenvalue weighted by molar-refractivity contribution is 5.95. The monoisotopic (exact) mass is 387 g/mol. The van der Waals surface area contributed by atoms with Crippen LogP contribution in [0, 0.1) is 5.92 Å². The molecule has 0 aromatic heterocycles. The third kappa shape index (κ3) is 9.54. The van der Waals surface area contributed by atoms with Gasteiger partial charge in [0, 0.05) is 0 Å². The van der Waals surface area contributed by atoms with Gasteiger partial charge in [0.15, 0.2) is 0 Å². The van der Waals surface area contributed by atoms with Crippen molar-refractivity contribution in [2.75, 3.05) is 0 Å². The molecular weight excluding hydrogens is 358 g/mol. The summed E-state index contributed by atoms with van der Waals surface area (Å²) < 4.78 is 0. The second kappa shape index (κ2) is 11.1. The molecule has 11 nitrogen and oxygen atoms in total. The molecule has 11 heteroatoms. The van der Waals surface area contributed by atoms with E-state index in [1.807, 2.05) is 13.8 Å². The molecule has 0 aromatic carbocycles. The first-order valence-corrected chi connectivity index (χ1v) is 8.52. The number of nitrogens with two attached hydrogens (primary N) is 2. The molecule has 0 spiro atoms. The van der Waals surface area contributed by atoms with E-state index in [2.05, 4.69) is 16.0 Å². The lowest BCUT2D eigenvalue weighted by Crippen LogP contribution is -2.56. The van der Waals surface area contributed by atoms with Crippen molar-refractivity contribution in [3.63, 3.8) is 0 Å². The summed E-state index contributed by atoms with van der Waals surface area (Å²) in [6.07, 6.45) is -0.0998. The summed E-state index contributed by atoms with van der Waals surface area (Å²) in [5.74, 6) is -4.12. The molecule has 27 heavy (non-hydrogen) atoms. The van der Waals surface area contributed by atoms with Crippen LogP contribution in [0.4, 0.5) is 0 Å². The molecular formula is C16H29N5O6. The van der Waals surface area contributed by atoms with Crippen LogP contribution in [0.15, 0.2) is 0 Å². The van der Waals surface area contributed by atoms with Gasteiger partial charge in [-0.1, -0.05) is 13.8 Å². The van der Waals surface area contributed by atoms with Gasteiger partial charge in [-0.25, -0.2) is 0 Å². The highest BCUT2D eigenvalue weighted by Crippen LogP contribution is 2.03. The lowest BCUT2D eigenvalue weighted by atomic mass is 10.0. The van der Waals surface area contributed by atoms with E-state index in [4.69, 9.17) is 16.6 Å². The molecule has 0 aromatic rings. The first-order chi connectivity index (χ1) is 12.3. The van der Waals surface area contributed by atoms with Gasteiger partial charge in [0.25, 0.3) is 0 Å². The molecule has 4 atom stereocenters. The quantitative estimate of drug-likeness (QED) is 0.232. The lowest BCUT2D eigenvalue weighted by Gasteiger charge is -2.22. The molecule has 0 rings (SSSR count). The Bertz CT molecular complexity index is 580. The Balaban J connectivity index is 4.92. The zero-order chi connectivity index (χ0) is 21.3. The van der Waals surface area contributed by atoms with Crippen molar-refractivity contribution >= 4 is 29.6 Å². The van der Waals surface area contributed by atoms with Crippen molar-refractivity contribution in [3.8, 4) is 0 Å². The minimum Gasteiger partial charge on any atom is -0.480 e. The minimum atomic E-state index is -1.37. The molecule has 0 radical (unpaired) electrons. The normalized spacial score (nSPS) is 15.2. The van der Waals surface area contributed by atoms with Gasteiger partial charge in [-0.15, -0.1) is 0 Å². The van der Waals surface area contributed by atoms with Crippen molar-refractivity contribution in [3.05, 3.63) is 0 Å². The Morgan fingerprint density at radius 1 is 0.852 bits per heavy atom. The number of carbonyl (C=O) groups excluding carboxylic acids is 4. The predicted molar refractivity (Wildman–Crippen MR) is 96.0 cm³/mol.